The van der Waals surface area contributed by atoms with E-state index in [9.17, 15) is 14.7 Å². The molecule has 140 valence electrons. The van der Waals surface area contributed by atoms with Gasteiger partial charge in [-0.15, -0.1) is 0 Å². The van der Waals surface area contributed by atoms with Gasteiger partial charge in [0, 0.05) is 18.0 Å². The molecule has 0 radical (unpaired) electrons. The molecule has 0 aliphatic heterocycles. The minimum absolute atomic E-state index is 0.0560. The van der Waals surface area contributed by atoms with Gasteiger partial charge < -0.3 is 14.8 Å². The molecule has 3 rings (SSSR count). The number of carboxylic acids is 1. The third kappa shape index (κ3) is 4.23. The second-order valence-corrected chi connectivity index (χ2v) is 7.75. The number of nitrogens with one attached hydrogen (secondary N) is 1. The Balaban J connectivity index is 1.72. The number of aromatic nitrogens is 1. The van der Waals surface area contributed by atoms with Crippen LogP contribution in [-0.2, 0) is 9.59 Å². The zero-order valence-corrected chi connectivity index (χ0v) is 15.4. The monoisotopic (exact) mass is 358 g/mol. The van der Waals surface area contributed by atoms with Gasteiger partial charge in [0.2, 0.25) is 5.91 Å². The summed E-state index contributed by atoms with van der Waals surface area (Å²) < 4.78 is 5.68. The van der Waals surface area contributed by atoms with Gasteiger partial charge in [-0.2, -0.15) is 0 Å². The summed E-state index contributed by atoms with van der Waals surface area (Å²) in [4.78, 5) is 28.3. The van der Waals surface area contributed by atoms with E-state index in [-0.39, 0.29) is 24.7 Å². The van der Waals surface area contributed by atoms with Crippen LogP contribution in [0.1, 0.15) is 70.6 Å². The predicted molar refractivity (Wildman–Crippen MR) is 99.1 cm³/mol. The number of hydrogen-bond acceptors (Lipinski definition) is 4. The highest BCUT2D eigenvalue weighted by Crippen LogP contribution is 2.42. The van der Waals surface area contributed by atoms with Crippen LogP contribution >= 0.6 is 0 Å². The van der Waals surface area contributed by atoms with Gasteiger partial charge in [0.25, 0.3) is 0 Å². The standard InChI is InChI=1S/C20H26N2O4/c1-13(2)19-22-15-10-14(6-7-16(15)26-19)21-17(23)11-20(12-18(24)25)8-4-3-5-9-20/h6-7,10,13H,3-5,8-9,11-12H2,1-2H3,(H,21,23)(H,24,25). The first kappa shape index (κ1) is 18.4. The lowest BCUT2D eigenvalue weighted by atomic mass is 9.69. The molecule has 1 aliphatic rings. The molecule has 0 saturated heterocycles. The molecule has 2 aromatic rings. The molecule has 2 N–H and O–H groups in total. The summed E-state index contributed by atoms with van der Waals surface area (Å²) in [7, 11) is 0. The van der Waals surface area contributed by atoms with Gasteiger partial charge in [0.1, 0.15) is 5.52 Å². The Morgan fingerprint density at radius 2 is 1.96 bits per heavy atom. The van der Waals surface area contributed by atoms with Crippen LogP contribution in [0.15, 0.2) is 22.6 Å². The lowest BCUT2D eigenvalue weighted by Crippen LogP contribution is -2.32. The van der Waals surface area contributed by atoms with Crippen LogP contribution in [0.2, 0.25) is 0 Å². The maximum absolute atomic E-state index is 12.6. The number of oxazole rings is 1. The first-order chi connectivity index (χ1) is 12.4. The van der Waals surface area contributed by atoms with Crippen LogP contribution in [0.3, 0.4) is 0 Å². The number of carbonyl (C=O) groups is 2. The van der Waals surface area contributed by atoms with Crippen LogP contribution in [-0.4, -0.2) is 22.0 Å². The van der Waals surface area contributed by atoms with E-state index in [2.05, 4.69) is 10.3 Å². The number of aliphatic carboxylic acids is 1. The molecular weight excluding hydrogens is 332 g/mol. The molecule has 6 heteroatoms. The summed E-state index contributed by atoms with van der Waals surface area (Å²) in [6, 6.07) is 5.39. The highest BCUT2D eigenvalue weighted by molar-refractivity contribution is 5.93. The van der Waals surface area contributed by atoms with Crippen LogP contribution in [0.4, 0.5) is 5.69 Å². The average Bonchev–Trinajstić information content (AvgIpc) is 2.98. The molecule has 1 aromatic carbocycles. The molecule has 1 amide bonds. The summed E-state index contributed by atoms with van der Waals surface area (Å²) in [6.45, 7) is 4.03. The second-order valence-electron chi connectivity index (χ2n) is 7.75. The Labute approximate surface area is 153 Å². The largest absolute Gasteiger partial charge is 0.481 e. The van der Waals surface area contributed by atoms with E-state index in [0.29, 0.717) is 22.7 Å². The molecule has 26 heavy (non-hydrogen) atoms. The highest BCUT2D eigenvalue weighted by atomic mass is 16.4. The van der Waals surface area contributed by atoms with Crippen LogP contribution in [0, 0.1) is 5.41 Å². The molecule has 0 atom stereocenters. The van der Waals surface area contributed by atoms with Crippen LogP contribution in [0.25, 0.3) is 11.1 Å². The summed E-state index contributed by atoms with van der Waals surface area (Å²) in [5.74, 6) is -0.0984. The van der Waals surface area contributed by atoms with Crippen molar-refractivity contribution in [3.05, 3.63) is 24.1 Å². The Morgan fingerprint density at radius 3 is 2.62 bits per heavy atom. The predicted octanol–water partition coefficient (Wildman–Crippen LogP) is 4.71. The topological polar surface area (TPSA) is 92.4 Å². The fraction of sp³-hybridized carbons (Fsp3) is 0.550. The van der Waals surface area contributed by atoms with Crippen molar-refractivity contribution in [2.24, 2.45) is 5.41 Å². The number of amides is 1. The second kappa shape index (κ2) is 7.48. The van der Waals surface area contributed by atoms with E-state index < -0.39 is 11.4 Å². The van der Waals surface area contributed by atoms with Crippen molar-refractivity contribution in [1.82, 2.24) is 4.98 Å². The third-order valence-corrected chi connectivity index (χ3v) is 5.16. The Morgan fingerprint density at radius 1 is 1.23 bits per heavy atom. The lowest BCUT2D eigenvalue weighted by molar-refractivity contribution is -0.140. The summed E-state index contributed by atoms with van der Waals surface area (Å²) >= 11 is 0. The molecular formula is C20H26N2O4. The maximum atomic E-state index is 12.6. The van der Waals surface area contributed by atoms with Crippen molar-refractivity contribution in [2.75, 3.05) is 5.32 Å². The zero-order chi connectivity index (χ0) is 18.7. The third-order valence-electron chi connectivity index (χ3n) is 5.16. The molecule has 6 nitrogen and oxygen atoms in total. The van der Waals surface area contributed by atoms with Gasteiger partial charge in [-0.1, -0.05) is 33.1 Å². The molecule has 0 bridgehead atoms. The quantitative estimate of drug-likeness (QED) is 0.780. The zero-order valence-electron chi connectivity index (χ0n) is 15.4. The van der Waals surface area contributed by atoms with Crippen molar-refractivity contribution >= 4 is 28.7 Å². The van der Waals surface area contributed by atoms with Crippen LogP contribution < -0.4 is 5.32 Å². The molecule has 1 heterocycles. The number of hydrogen-bond donors (Lipinski definition) is 2. The molecule has 1 aliphatic carbocycles. The van der Waals surface area contributed by atoms with Gasteiger partial charge >= 0.3 is 5.97 Å². The Bertz CT molecular complexity index is 803. The molecule has 1 aromatic heterocycles. The Hall–Kier alpha value is -2.37. The normalized spacial score (nSPS) is 16.7. The van der Waals surface area contributed by atoms with Gasteiger partial charge in [-0.25, -0.2) is 4.98 Å². The van der Waals surface area contributed by atoms with E-state index in [1.54, 1.807) is 18.2 Å². The maximum Gasteiger partial charge on any atom is 0.303 e. The molecule has 0 unspecified atom stereocenters. The fourth-order valence-corrected chi connectivity index (χ4v) is 3.85. The lowest BCUT2D eigenvalue weighted by Gasteiger charge is -2.35. The summed E-state index contributed by atoms with van der Waals surface area (Å²) in [5.41, 5.74) is 1.65. The van der Waals surface area contributed by atoms with E-state index in [4.69, 9.17) is 4.42 Å². The first-order valence-corrected chi connectivity index (χ1v) is 9.29. The summed E-state index contributed by atoms with van der Waals surface area (Å²) in [5, 5.41) is 12.2. The van der Waals surface area contributed by atoms with Gasteiger partial charge in [0.05, 0.1) is 6.42 Å². The number of benzene rings is 1. The Kier molecular flexibility index (Phi) is 5.30. The fourth-order valence-electron chi connectivity index (χ4n) is 3.85. The molecule has 1 saturated carbocycles. The smallest absolute Gasteiger partial charge is 0.303 e. The van der Waals surface area contributed by atoms with E-state index in [0.717, 1.165) is 32.1 Å². The number of carboxylic acid groups (broad SMARTS) is 1. The first-order valence-electron chi connectivity index (χ1n) is 9.29. The number of anilines is 1. The van der Waals surface area contributed by atoms with Crippen molar-refractivity contribution in [3.8, 4) is 0 Å². The van der Waals surface area contributed by atoms with Crippen molar-refractivity contribution < 1.29 is 19.1 Å². The van der Waals surface area contributed by atoms with Crippen molar-refractivity contribution in [2.45, 2.75) is 64.7 Å². The van der Waals surface area contributed by atoms with E-state index >= 15 is 0 Å². The van der Waals surface area contributed by atoms with Crippen molar-refractivity contribution in [3.63, 3.8) is 0 Å². The minimum Gasteiger partial charge on any atom is -0.481 e. The van der Waals surface area contributed by atoms with Gasteiger partial charge in [0.15, 0.2) is 11.5 Å². The van der Waals surface area contributed by atoms with Crippen molar-refractivity contribution in [1.29, 1.82) is 0 Å². The molecule has 0 spiro atoms. The molecule has 1 fully saturated rings. The SMILES string of the molecule is CC(C)c1nc2cc(NC(=O)CC3(CC(=O)O)CCCCC3)ccc2o1. The summed E-state index contributed by atoms with van der Waals surface area (Å²) in [6.07, 6.45) is 4.99. The number of carbonyl (C=O) groups excluding carboxylic acids is 1. The minimum atomic E-state index is -0.829. The van der Waals surface area contributed by atoms with Gasteiger partial charge in [-0.3, -0.25) is 9.59 Å². The van der Waals surface area contributed by atoms with Crippen LogP contribution in [0.5, 0.6) is 0 Å². The van der Waals surface area contributed by atoms with E-state index in [1.807, 2.05) is 13.8 Å². The van der Waals surface area contributed by atoms with Gasteiger partial charge in [-0.05, 0) is 36.5 Å². The highest BCUT2D eigenvalue weighted by Gasteiger charge is 2.36. The number of fused-ring (bicyclic) bond motifs is 1. The number of rotatable bonds is 6. The van der Waals surface area contributed by atoms with E-state index in [1.165, 1.54) is 0 Å². The number of nitrogens with zero attached hydrogens (tertiary/aromatic N) is 1. The average molecular weight is 358 g/mol.